The topological polar surface area (TPSA) is 12.4 Å². The molecule has 7 heavy (non-hydrogen) atoms. The van der Waals surface area contributed by atoms with Crippen molar-refractivity contribution in [1.29, 1.82) is 0 Å². The SMILES string of the molecule is CC1C=NC(Br)=C1. The Labute approximate surface area is 51.3 Å². The summed E-state index contributed by atoms with van der Waals surface area (Å²) < 4.78 is 0.958. The molecule has 0 amide bonds. The third-order valence-electron chi connectivity index (χ3n) is 0.833. The van der Waals surface area contributed by atoms with Crippen molar-refractivity contribution in [2.45, 2.75) is 6.92 Å². The summed E-state index contributed by atoms with van der Waals surface area (Å²) in [5.74, 6) is 0.523. The molecule has 0 saturated heterocycles. The van der Waals surface area contributed by atoms with E-state index in [4.69, 9.17) is 0 Å². The average molecular weight is 160 g/mol. The summed E-state index contributed by atoms with van der Waals surface area (Å²) in [5.41, 5.74) is 0. The average Bonchev–Trinajstić information content (AvgIpc) is 1.87. The number of hydrogen-bond acceptors (Lipinski definition) is 1. The van der Waals surface area contributed by atoms with Gasteiger partial charge in [-0.15, -0.1) is 0 Å². The Morgan fingerprint density at radius 1 is 1.86 bits per heavy atom. The van der Waals surface area contributed by atoms with Crippen molar-refractivity contribution in [2.24, 2.45) is 10.9 Å². The van der Waals surface area contributed by atoms with E-state index in [1.54, 1.807) is 0 Å². The van der Waals surface area contributed by atoms with Crippen LogP contribution in [0.5, 0.6) is 0 Å². The van der Waals surface area contributed by atoms with Gasteiger partial charge in [-0.05, 0) is 22.0 Å². The van der Waals surface area contributed by atoms with Crippen molar-refractivity contribution in [1.82, 2.24) is 0 Å². The van der Waals surface area contributed by atoms with Crippen LogP contribution in [0.25, 0.3) is 0 Å². The molecule has 0 fully saturated rings. The zero-order valence-corrected chi connectivity index (χ0v) is 5.64. The summed E-state index contributed by atoms with van der Waals surface area (Å²) in [6.07, 6.45) is 3.96. The number of allylic oxidation sites excluding steroid dienone is 1. The lowest BCUT2D eigenvalue weighted by Gasteiger charge is -1.81. The van der Waals surface area contributed by atoms with Crippen molar-refractivity contribution in [3.8, 4) is 0 Å². The van der Waals surface area contributed by atoms with Crippen LogP contribution >= 0.6 is 15.9 Å². The number of rotatable bonds is 0. The lowest BCUT2D eigenvalue weighted by atomic mass is 10.2. The van der Waals surface area contributed by atoms with Crippen LogP contribution in [0.15, 0.2) is 15.7 Å². The number of hydrogen-bond donors (Lipinski definition) is 0. The van der Waals surface area contributed by atoms with Gasteiger partial charge in [0.2, 0.25) is 0 Å². The van der Waals surface area contributed by atoms with E-state index < -0.39 is 0 Å². The Hall–Kier alpha value is -0.110. The first-order valence-corrected chi connectivity index (χ1v) is 3.00. The smallest absolute Gasteiger partial charge is 0.102 e. The second-order valence-electron chi connectivity index (χ2n) is 1.63. The lowest BCUT2D eigenvalue weighted by molar-refractivity contribution is 1.05. The molecule has 38 valence electrons. The fourth-order valence-corrected chi connectivity index (χ4v) is 1.03. The van der Waals surface area contributed by atoms with Crippen LogP contribution in [0.2, 0.25) is 0 Å². The molecule has 0 bridgehead atoms. The normalized spacial score (nSPS) is 28.3. The van der Waals surface area contributed by atoms with E-state index >= 15 is 0 Å². The maximum Gasteiger partial charge on any atom is 0.102 e. The van der Waals surface area contributed by atoms with Gasteiger partial charge < -0.3 is 0 Å². The molecule has 0 aromatic heterocycles. The lowest BCUT2D eigenvalue weighted by Crippen LogP contribution is -1.81. The molecule has 1 rings (SSSR count). The van der Waals surface area contributed by atoms with E-state index in [-0.39, 0.29) is 0 Å². The van der Waals surface area contributed by atoms with Crippen LogP contribution in [0.1, 0.15) is 6.92 Å². The molecule has 1 aliphatic heterocycles. The number of halogens is 1. The van der Waals surface area contributed by atoms with E-state index in [2.05, 4.69) is 33.9 Å². The van der Waals surface area contributed by atoms with E-state index in [9.17, 15) is 0 Å². The highest BCUT2D eigenvalue weighted by Crippen LogP contribution is 2.15. The van der Waals surface area contributed by atoms with Crippen molar-refractivity contribution >= 4 is 22.1 Å². The first-order valence-electron chi connectivity index (χ1n) is 2.20. The van der Waals surface area contributed by atoms with Crippen LogP contribution in [-0.2, 0) is 0 Å². The van der Waals surface area contributed by atoms with Gasteiger partial charge in [0.05, 0.1) is 0 Å². The van der Waals surface area contributed by atoms with Crippen molar-refractivity contribution in [3.63, 3.8) is 0 Å². The largest absolute Gasteiger partial charge is 0.253 e. The van der Waals surface area contributed by atoms with E-state index in [0.29, 0.717) is 5.92 Å². The molecule has 1 unspecified atom stereocenters. The Morgan fingerprint density at radius 3 is 2.71 bits per heavy atom. The second-order valence-corrected chi connectivity index (χ2v) is 2.44. The molecule has 2 heteroatoms. The van der Waals surface area contributed by atoms with Crippen LogP contribution in [0.3, 0.4) is 0 Å². The number of aliphatic imine (C=N–C) groups is 1. The molecule has 0 radical (unpaired) electrons. The summed E-state index contributed by atoms with van der Waals surface area (Å²) >= 11 is 3.24. The third kappa shape index (κ3) is 1.13. The first kappa shape index (κ1) is 5.04. The monoisotopic (exact) mass is 159 g/mol. The quantitative estimate of drug-likeness (QED) is 0.480. The zero-order chi connectivity index (χ0) is 5.28. The van der Waals surface area contributed by atoms with Crippen LogP contribution < -0.4 is 0 Å². The van der Waals surface area contributed by atoms with Crippen LogP contribution in [0, 0.1) is 5.92 Å². The molecule has 1 atom stereocenters. The minimum absolute atomic E-state index is 0.523. The fraction of sp³-hybridized carbons (Fsp3) is 0.400. The van der Waals surface area contributed by atoms with E-state index in [1.807, 2.05) is 6.21 Å². The summed E-state index contributed by atoms with van der Waals surface area (Å²) in [6.45, 7) is 2.10. The van der Waals surface area contributed by atoms with Crippen LogP contribution in [0.4, 0.5) is 0 Å². The maximum atomic E-state index is 3.97. The minimum Gasteiger partial charge on any atom is -0.253 e. The van der Waals surface area contributed by atoms with Gasteiger partial charge in [0, 0.05) is 12.1 Å². The van der Waals surface area contributed by atoms with Gasteiger partial charge in [0.1, 0.15) is 4.61 Å². The van der Waals surface area contributed by atoms with Crippen LogP contribution in [-0.4, -0.2) is 6.21 Å². The van der Waals surface area contributed by atoms with Crippen molar-refractivity contribution in [3.05, 3.63) is 10.7 Å². The standard InChI is InChI=1S/C5H6BrN/c1-4-2-5(6)7-3-4/h2-4H,1H3. The molecule has 0 saturated carbocycles. The Bertz CT molecular complexity index is 126. The molecule has 0 aromatic rings. The molecule has 0 N–H and O–H groups in total. The van der Waals surface area contributed by atoms with Gasteiger partial charge in [-0.1, -0.05) is 6.92 Å². The first-order chi connectivity index (χ1) is 3.29. The highest BCUT2D eigenvalue weighted by Gasteiger charge is 1.99. The van der Waals surface area contributed by atoms with Gasteiger partial charge in [0.25, 0.3) is 0 Å². The predicted octanol–water partition coefficient (Wildman–Crippen LogP) is 1.94. The fourth-order valence-electron chi connectivity index (χ4n) is 0.492. The van der Waals surface area contributed by atoms with E-state index in [1.165, 1.54) is 0 Å². The molecule has 1 heterocycles. The maximum absolute atomic E-state index is 3.97. The summed E-state index contributed by atoms with van der Waals surface area (Å²) in [5, 5.41) is 0. The van der Waals surface area contributed by atoms with Gasteiger partial charge in [-0.2, -0.15) is 0 Å². The molecule has 0 spiro atoms. The summed E-state index contributed by atoms with van der Waals surface area (Å²) in [7, 11) is 0. The van der Waals surface area contributed by atoms with Gasteiger partial charge in [-0.3, -0.25) is 4.99 Å². The highest BCUT2D eigenvalue weighted by atomic mass is 79.9. The Balaban J connectivity index is 2.69. The molecule has 1 nitrogen and oxygen atoms in total. The molecule has 1 aliphatic rings. The number of nitrogens with zero attached hydrogens (tertiary/aromatic N) is 1. The minimum atomic E-state index is 0.523. The van der Waals surface area contributed by atoms with Gasteiger partial charge >= 0.3 is 0 Å². The van der Waals surface area contributed by atoms with Crippen molar-refractivity contribution in [2.75, 3.05) is 0 Å². The van der Waals surface area contributed by atoms with Gasteiger partial charge in [-0.25, -0.2) is 0 Å². The highest BCUT2D eigenvalue weighted by molar-refractivity contribution is 9.11. The molecule has 0 aliphatic carbocycles. The molecular formula is C5H6BrN. The zero-order valence-electron chi connectivity index (χ0n) is 4.06. The van der Waals surface area contributed by atoms with Gasteiger partial charge in [0.15, 0.2) is 0 Å². The molecular weight excluding hydrogens is 154 g/mol. The molecule has 0 aromatic carbocycles. The Morgan fingerprint density at radius 2 is 2.57 bits per heavy atom. The van der Waals surface area contributed by atoms with E-state index in [0.717, 1.165) is 4.61 Å². The third-order valence-corrected chi connectivity index (χ3v) is 1.30. The predicted molar refractivity (Wildman–Crippen MR) is 34.7 cm³/mol. The Kier molecular flexibility index (Phi) is 1.28. The summed E-state index contributed by atoms with van der Waals surface area (Å²) in [6, 6.07) is 0. The summed E-state index contributed by atoms with van der Waals surface area (Å²) in [4.78, 5) is 3.97. The second kappa shape index (κ2) is 1.78. The van der Waals surface area contributed by atoms with Crippen molar-refractivity contribution < 1.29 is 0 Å².